The Bertz CT molecular complexity index is 748. The summed E-state index contributed by atoms with van der Waals surface area (Å²) in [5.74, 6) is 0.734. The molecule has 1 aromatic carbocycles. The van der Waals surface area contributed by atoms with Crippen molar-refractivity contribution in [3.63, 3.8) is 0 Å². The van der Waals surface area contributed by atoms with Crippen molar-refractivity contribution in [1.82, 2.24) is 20.0 Å². The second-order valence-electron chi connectivity index (χ2n) is 7.40. The first-order valence-electron chi connectivity index (χ1n) is 9.77. The van der Waals surface area contributed by atoms with Gasteiger partial charge in [0.1, 0.15) is 0 Å². The number of aromatic nitrogens is 2. The molecule has 0 radical (unpaired) electrons. The SMILES string of the molecule is CCCN1CCC(CNCc2cn(C)nc2-c2ccc([N+](=O)[O-])cc2)CC1. The van der Waals surface area contributed by atoms with Crippen molar-refractivity contribution in [1.29, 1.82) is 0 Å². The van der Waals surface area contributed by atoms with E-state index >= 15 is 0 Å². The van der Waals surface area contributed by atoms with Crippen LogP contribution in [0, 0.1) is 16.0 Å². The van der Waals surface area contributed by atoms with Gasteiger partial charge in [0.2, 0.25) is 0 Å². The molecule has 7 heteroatoms. The number of nitro groups is 1. The number of likely N-dealkylation sites (tertiary alicyclic amines) is 1. The molecule has 7 nitrogen and oxygen atoms in total. The molecule has 0 amide bonds. The molecule has 2 heterocycles. The van der Waals surface area contributed by atoms with E-state index in [0.29, 0.717) is 0 Å². The zero-order valence-corrected chi connectivity index (χ0v) is 16.2. The zero-order chi connectivity index (χ0) is 19.2. The summed E-state index contributed by atoms with van der Waals surface area (Å²) in [6.45, 7) is 7.66. The molecule has 27 heavy (non-hydrogen) atoms. The van der Waals surface area contributed by atoms with Crippen LogP contribution in [0.2, 0.25) is 0 Å². The summed E-state index contributed by atoms with van der Waals surface area (Å²) in [4.78, 5) is 13.0. The number of nitrogens with zero attached hydrogens (tertiary/aromatic N) is 4. The standard InChI is InChI=1S/C20H29N5O2/c1-3-10-24-11-8-16(9-12-24)13-21-14-18-15-23(2)22-20(18)17-4-6-19(7-5-17)25(26)27/h4-7,15-16,21H,3,8-14H2,1-2H3. The maximum absolute atomic E-state index is 10.8. The third kappa shape index (κ3) is 5.14. The minimum Gasteiger partial charge on any atom is -0.312 e. The van der Waals surface area contributed by atoms with Gasteiger partial charge >= 0.3 is 0 Å². The molecule has 0 unspecified atom stereocenters. The molecular formula is C20H29N5O2. The van der Waals surface area contributed by atoms with E-state index in [9.17, 15) is 10.1 Å². The topological polar surface area (TPSA) is 76.2 Å². The fourth-order valence-electron chi connectivity index (χ4n) is 3.79. The number of rotatable bonds is 8. The molecule has 0 spiro atoms. The Balaban J connectivity index is 1.56. The third-order valence-electron chi connectivity index (χ3n) is 5.25. The fourth-order valence-corrected chi connectivity index (χ4v) is 3.79. The summed E-state index contributed by atoms with van der Waals surface area (Å²) in [6, 6.07) is 6.61. The normalized spacial score (nSPS) is 15.9. The molecule has 0 aliphatic carbocycles. The van der Waals surface area contributed by atoms with Crippen LogP contribution in [-0.4, -0.2) is 45.8 Å². The molecule has 1 fully saturated rings. The van der Waals surface area contributed by atoms with Gasteiger partial charge in [0, 0.05) is 43.0 Å². The molecule has 1 N–H and O–H groups in total. The summed E-state index contributed by atoms with van der Waals surface area (Å²) in [5.41, 5.74) is 3.02. The summed E-state index contributed by atoms with van der Waals surface area (Å²) >= 11 is 0. The van der Waals surface area contributed by atoms with Crippen molar-refractivity contribution in [2.75, 3.05) is 26.2 Å². The molecule has 146 valence electrons. The molecule has 0 saturated carbocycles. The summed E-state index contributed by atoms with van der Waals surface area (Å²) < 4.78 is 1.80. The highest BCUT2D eigenvalue weighted by Crippen LogP contribution is 2.24. The predicted molar refractivity (Wildman–Crippen MR) is 106 cm³/mol. The number of nitro benzene ring substituents is 1. The van der Waals surface area contributed by atoms with Gasteiger partial charge < -0.3 is 10.2 Å². The fraction of sp³-hybridized carbons (Fsp3) is 0.550. The maximum Gasteiger partial charge on any atom is 0.269 e. The molecule has 3 rings (SSSR count). The third-order valence-corrected chi connectivity index (χ3v) is 5.25. The number of benzene rings is 1. The molecule has 1 aromatic heterocycles. The Hall–Kier alpha value is -2.25. The lowest BCUT2D eigenvalue weighted by Gasteiger charge is -2.31. The number of non-ortho nitro benzene ring substituents is 1. The molecule has 1 aliphatic heterocycles. The van der Waals surface area contributed by atoms with Crippen LogP contribution in [0.5, 0.6) is 0 Å². The first kappa shape index (κ1) is 19.5. The minimum atomic E-state index is -0.378. The minimum absolute atomic E-state index is 0.101. The van der Waals surface area contributed by atoms with Gasteiger partial charge in [-0.2, -0.15) is 5.10 Å². The van der Waals surface area contributed by atoms with E-state index in [4.69, 9.17) is 0 Å². The number of piperidine rings is 1. The Morgan fingerprint density at radius 3 is 2.59 bits per heavy atom. The largest absolute Gasteiger partial charge is 0.312 e. The van der Waals surface area contributed by atoms with Crippen molar-refractivity contribution < 1.29 is 4.92 Å². The van der Waals surface area contributed by atoms with Gasteiger partial charge in [-0.25, -0.2) is 0 Å². The summed E-state index contributed by atoms with van der Waals surface area (Å²) in [6.07, 6.45) is 5.77. The molecule has 1 saturated heterocycles. The van der Waals surface area contributed by atoms with Crippen LogP contribution in [0.3, 0.4) is 0 Å². The van der Waals surface area contributed by atoms with Crippen molar-refractivity contribution in [3.8, 4) is 11.3 Å². The molecule has 1 aliphatic rings. The molecule has 0 atom stereocenters. The van der Waals surface area contributed by atoms with E-state index in [1.54, 1.807) is 16.8 Å². The molecule has 0 bridgehead atoms. The number of nitrogens with one attached hydrogen (secondary N) is 1. The van der Waals surface area contributed by atoms with E-state index in [2.05, 4.69) is 22.2 Å². The van der Waals surface area contributed by atoms with Crippen LogP contribution in [0.1, 0.15) is 31.7 Å². The first-order chi connectivity index (χ1) is 13.1. The van der Waals surface area contributed by atoms with E-state index in [0.717, 1.165) is 35.8 Å². The second-order valence-corrected chi connectivity index (χ2v) is 7.40. The average molecular weight is 371 g/mol. The number of hydrogen-bond donors (Lipinski definition) is 1. The van der Waals surface area contributed by atoms with E-state index in [1.165, 1.54) is 51.0 Å². The average Bonchev–Trinajstić information content (AvgIpc) is 3.04. The molecular weight excluding hydrogens is 342 g/mol. The lowest BCUT2D eigenvalue weighted by atomic mass is 9.96. The van der Waals surface area contributed by atoms with Crippen molar-refractivity contribution in [2.45, 2.75) is 32.7 Å². The Morgan fingerprint density at radius 1 is 1.26 bits per heavy atom. The van der Waals surface area contributed by atoms with Crippen LogP contribution in [0.15, 0.2) is 30.5 Å². The van der Waals surface area contributed by atoms with Gasteiger partial charge in [0.05, 0.1) is 10.6 Å². The van der Waals surface area contributed by atoms with Gasteiger partial charge in [0.25, 0.3) is 5.69 Å². The van der Waals surface area contributed by atoms with E-state index < -0.39 is 0 Å². The maximum atomic E-state index is 10.8. The quantitative estimate of drug-likeness (QED) is 0.570. The highest BCUT2D eigenvalue weighted by Gasteiger charge is 2.18. The summed E-state index contributed by atoms with van der Waals surface area (Å²) in [7, 11) is 1.90. The van der Waals surface area contributed by atoms with Gasteiger partial charge in [-0.05, 0) is 63.5 Å². The highest BCUT2D eigenvalue weighted by molar-refractivity contribution is 5.64. The lowest BCUT2D eigenvalue weighted by molar-refractivity contribution is -0.384. The number of hydrogen-bond acceptors (Lipinski definition) is 5. The Morgan fingerprint density at radius 2 is 1.96 bits per heavy atom. The zero-order valence-electron chi connectivity index (χ0n) is 16.2. The van der Waals surface area contributed by atoms with Crippen LogP contribution in [-0.2, 0) is 13.6 Å². The second kappa shape index (κ2) is 9.10. The highest BCUT2D eigenvalue weighted by atomic mass is 16.6. The van der Waals surface area contributed by atoms with Gasteiger partial charge in [0.15, 0.2) is 0 Å². The van der Waals surface area contributed by atoms with Gasteiger partial charge in [-0.3, -0.25) is 14.8 Å². The monoisotopic (exact) mass is 371 g/mol. The Labute approximate surface area is 160 Å². The van der Waals surface area contributed by atoms with Crippen LogP contribution >= 0.6 is 0 Å². The van der Waals surface area contributed by atoms with E-state index in [-0.39, 0.29) is 10.6 Å². The lowest BCUT2D eigenvalue weighted by Crippen LogP contribution is -2.37. The van der Waals surface area contributed by atoms with Crippen molar-refractivity contribution in [2.24, 2.45) is 13.0 Å². The smallest absolute Gasteiger partial charge is 0.269 e. The van der Waals surface area contributed by atoms with E-state index in [1.807, 2.05) is 13.2 Å². The first-order valence-corrected chi connectivity index (χ1v) is 9.77. The van der Waals surface area contributed by atoms with Crippen molar-refractivity contribution >= 4 is 5.69 Å². The van der Waals surface area contributed by atoms with Gasteiger partial charge in [-0.15, -0.1) is 0 Å². The van der Waals surface area contributed by atoms with Gasteiger partial charge in [-0.1, -0.05) is 6.92 Å². The number of aryl methyl sites for hydroxylation is 1. The predicted octanol–water partition coefficient (Wildman–Crippen LogP) is 3.21. The summed E-state index contributed by atoms with van der Waals surface area (Å²) in [5, 5.41) is 19.0. The molecule has 2 aromatic rings. The van der Waals surface area contributed by atoms with Crippen LogP contribution in [0.25, 0.3) is 11.3 Å². The van der Waals surface area contributed by atoms with Crippen LogP contribution in [0.4, 0.5) is 5.69 Å². The van der Waals surface area contributed by atoms with Crippen molar-refractivity contribution in [3.05, 3.63) is 46.1 Å². The Kier molecular flexibility index (Phi) is 6.58. The van der Waals surface area contributed by atoms with Crippen LogP contribution < -0.4 is 5.32 Å².